The van der Waals surface area contributed by atoms with E-state index >= 15 is 0 Å². The van der Waals surface area contributed by atoms with Crippen molar-refractivity contribution in [3.8, 4) is 0 Å². The maximum Gasteiger partial charge on any atom is 0.141 e. The predicted molar refractivity (Wildman–Crippen MR) is 114 cm³/mol. The van der Waals surface area contributed by atoms with Gasteiger partial charge < -0.3 is 14.9 Å². The smallest absolute Gasteiger partial charge is 0.141 e. The standard InChI is InChI=1S/C26H40O4/c1-22-14-16-6-9-25(11-10-24(15-25)8-4-5-17(24)7-12-27)23(22,2)20(16)21-18(28)13-19(30-3)26(21,22)29/h16-17,19-21,27,29H,4-15H2,1-3H3. The normalized spacial score (nSPS) is 61.0. The van der Waals surface area contributed by atoms with Crippen LogP contribution < -0.4 is 0 Å². The summed E-state index contributed by atoms with van der Waals surface area (Å²) in [5.41, 5.74) is -0.623. The third-order valence-electron chi connectivity index (χ3n) is 12.7. The van der Waals surface area contributed by atoms with Crippen LogP contribution in [0.3, 0.4) is 0 Å². The van der Waals surface area contributed by atoms with E-state index in [-0.39, 0.29) is 34.1 Å². The van der Waals surface area contributed by atoms with Gasteiger partial charge in [0.05, 0.1) is 12.0 Å². The first-order chi connectivity index (χ1) is 14.2. The second-order valence-corrected chi connectivity index (χ2v) is 12.7. The summed E-state index contributed by atoms with van der Waals surface area (Å²) >= 11 is 0. The first kappa shape index (κ1) is 20.2. The number of fused-ring (bicyclic) bond motifs is 2. The average molecular weight is 417 g/mol. The van der Waals surface area contributed by atoms with Gasteiger partial charge >= 0.3 is 0 Å². The second-order valence-electron chi connectivity index (χ2n) is 12.7. The lowest BCUT2D eigenvalue weighted by Gasteiger charge is -2.57. The molecule has 0 amide bonds. The van der Waals surface area contributed by atoms with Crippen LogP contribution in [0.25, 0.3) is 0 Å². The highest BCUT2D eigenvalue weighted by atomic mass is 16.5. The lowest BCUT2D eigenvalue weighted by Crippen LogP contribution is -2.58. The number of hydrogen-bond donors (Lipinski definition) is 2. The molecule has 0 aromatic heterocycles. The van der Waals surface area contributed by atoms with Gasteiger partial charge in [-0.2, -0.15) is 0 Å². The topological polar surface area (TPSA) is 66.8 Å². The zero-order chi connectivity index (χ0) is 21.2. The molecule has 2 N–H and O–H groups in total. The van der Waals surface area contributed by atoms with Crippen LogP contribution in [0.15, 0.2) is 0 Å². The van der Waals surface area contributed by atoms with Crippen LogP contribution in [0.1, 0.15) is 84.5 Å². The van der Waals surface area contributed by atoms with Gasteiger partial charge in [0, 0.05) is 25.6 Å². The molecule has 6 saturated carbocycles. The van der Waals surface area contributed by atoms with E-state index in [9.17, 15) is 15.0 Å². The number of Topliss-reactive ketones (excluding diaryl/α,β-unsaturated/α-hetero) is 1. The van der Waals surface area contributed by atoms with Crippen LogP contribution in [0.2, 0.25) is 0 Å². The fourth-order valence-corrected chi connectivity index (χ4v) is 11.6. The Morgan fingerprint density at radius 3 is 2.67 bits per heavy atom. The van der Waals surface area contributed by atoms with E-state index < -0.39 is 5.60 Å². The molecule has 4 nitrogen and oxygen atoms in total. The van der Waals surface area contributed by atoms with Crippen molar-refractivity contribution >= 4 is 5.78 Å². The molecule has 4 bridgehead atoms. The number of carbonyl (C=O) groups is 1. The predicted octanol–water partition coefficient (Wildman–Crippen LogP) is 4.12. The molecule has 0 radical (unpaired) electrons. The Labute approximate surface area is 181 Å². The van der Waals surface area contributed by atoms with E-state index in [1.54, 1.807) is 7.11 Å². The largest absolute Gasteiger partial charge is 0.396 e. The Balaban J connectivity index is 1.46. The third kappa shape index (κ3) is 1.85. The van der Waals surface area contributed by atoms with Crippen LogP contribution in [0.4, 0.5) is 0 Å². The van der Waals surface area contributed by atoms with Crippen molar-refractivity contribution in [3.05, 3.63) is 0 Å². The summed E-state index contributed by atoms with van der Waals surface area (Å²) in [4.78, 5) is 13.3. The molecule has 2 spiro atoms. The van der Waals surface area contributed by atoms with Crippen molar-refractivity contribution in [3.63, 3.8) is 0 Å². The van der Waals surface area contributed by atoms with Gasteiger partial charge in [-0.1, -0.05) is 20.3 Å². The number of ether oxygens (including phenoxy) is 1. The number of rotatable bonds is 3. The van der Waals surface area contributed by atoms with E-state index in [4.69, 9.17) is 4.74 Å². The van der Waals surface area contributed by atoms with Gasteiger partial charge in [-0.05, 0) is 91.8 Å². The fourth-order valence-electron chi connectivity index (χ4n) is 11.6. The molecule has 0 heterocycles. The number of aliphatic hydroxyl groups excluding tert-OH is 1. The monoisotopic (exact) mass is 416 g/mol. The maximum absolute atomic E-state index is 13.3. The first-order valence-corrected chi connectivity index (χ1v) is 12.6. The average Bonchev–Trinajstić information content (AvgIpc) is 3.43. The molecule has 6 aliphatic rings. The Kier molecular flexibility index (Phi) is 3.98. The highest BCUT2D eigenvalue weighted by Gasteiger charge is 2.87. The van der Waals surface area contributed by atoms with Crippen molar-refractivity contribution in [2.45, 2.75) is 96.2 Å². The van der Waals surface area contributed by atoms with Gasteiger partial charge in [0.25, 0.3) is 0 Å². The number of ketones is 1. The van der Waals surface area contributed by atoms with E-state index in [2.05, 4.69) is 13.8 Å². The number of hydrogen-bond acceptors (Lipinski definition) is 4. The summed E-state index contributed by atoms with van der Waals surface area (Å²) in [7, 11) is 1.68. The van der Waals surface area contributed by atoms with Crippen LogP contribution in [-0.2, 0) is 9.53 Å². The zero-order valence-corrected chi connectivity index (χ0v) is 19.1. The van der Waals surface area contributed by atoms with Gasteiger partial charge in [-0.15, -0.1) is 0 Å². The zero-order valence-electron chi connectivity index (χ0n) is 19.1. The summed E-state index contributed by atoms with van der Waals surface area (Å²) in [6, 6.07) is 0. The fraction of sp³-hybridized carbons (Fsp3) is 0.962. The number of aliphatic hydroxyl groups is 2. The summed E-state index contributed by atoms with van der Waals surface area (Å²) in [5.74, 6) is 1.61. The summed E-state index contributed by atoms with van der Waals surface area (Å²) in [6.07, 6.45) is 12.2. The van der Waals surface area contributed by atoms with Crippen molar-refractivity contribution in [1.29, 1.82) is 0 Å². The molecule has 10 unspecified atom stereocenters. The summed E-state index contributed by atoms with van der Waals surface area (Å²) < 4.78 is 5.80. The molecule has 6 aliphatic carbocycles. The minimum Gasteiger partial charge on any atom is -0.396 e. The van der Waals surface area contributed by atoms with Gasteiger partial charge in [-0.25, -0.2) is 0 Å². The van der Waals surface area contributed by atoms with E-state index in [1.807, 2.05) is 0 Å². The van der Waals surface area contributed by atoms with Gasteiger partial charge in [0.2, 0.25) is 0 Å². The van der Waals surface area contributed by atoms with E-state index in [0.29, 0.717) is 36.2 Å². The van der Waals surface area contributed by atoms with Crippen molar-refractivity contribution in [2.75, 3.05) is 13.7 Å². The highest BCUT2D eigenvalue weighted by Crippen LogP contribution is 2.87. The number of methoxy groups -OCH3 is 1. The minimum atomic E-state index is -0.998. The molecule has 0 aromatic carbocycles. The lowest BCUT2D eigenvalue weighted by atomic mass is 9.47. The molecule has 168 valence electrons. The summed E-state index contributed by atoms with van der Waals surface area (Å²) in [5, 5.41) is 22.0. The molecule has 6 rings (SSSR count). The summed E-state index contributed by atoms with van der Waals surface area (Å²) in [6.45, 7) is 5.13. The van der Waals surface area contributed by atoms with Crippen LogP contribution in [-0.4, -0.2) is 41.4 Å². The molecule has 6 fully saturated rings. The quantitative estimate of drug-likeness (QED) is 0.726. The van der Waals surface area contributed by atoms with Gasteiger partial charge in [0.15, 0.2) is 0 Å². The second kappa shape index (κ2) is 5.91. The van der Waals surface area contributed by atoms with Crippen LogP contribution in [0.5, 0.6) is 0 Å². The molecule has 30 heavy (non-hydrogen) atoms. The van der Waals surface area contributed by atoms with Crippen LogP contribution in [0, 0.1) is 45.3 Å². The minimum absolute atomic E-state index is 0.00501. The first-order valence-electron chi connectivity index (χ1n) is 12.6. The third-order valence-corrected chi connectivity index (χ3v) is 12.7. The van der Waals surface area contributed by atoms with Gasteiger partial charge in [0.1, 0.15) is 11.4 Å². The van der Waals surface area contributed by atoms with Crippen molar-refractivity contribution in [2.24, 2.45) is 45.3 Å². The van der Waals surface area contributed by atoms with Crippen molar-refractivity contribution in [1.82, 2.24) is 0 Å². The molecule has 0 aromatic rings. The molecular formula is C26H40O4. The Morgan fingerprint density at radius 2 is 1.93 bits per heavy atom. The highest BCUT2D eigenvalue weighted by molar-refractivity contribution is 5.88. The Bertz CT molecular complexity index is 781. The molecular weight excluding hydrogens is 376 g/mol. The molecule has 10 atom stereocenters. The maximum atomic E-state index is 13.3. The SMILES string of the molecule is COC1CC(=O)C2C3C4CCC5(CCC6(CCCC6CCO)C5)C3(C)C(C)(C4)C12O. The van der Waals surface area contributed by atoms with Crippen molar-refractivity contribution < 1.29 is 19.7 Å². The Morgan fingerprint density at radius 1 is 1.13 bits per heavy atom. The van der Waals surface area contributed by atoms with Gasteiger partial charge in [-0.3, -0.25) is 4.79 Å². The van der Waals surface area contributed by atoms with E-state index in [0.717, 1.165) is 12.8 Å². The van der Waals surface area contributed by atoms with Crippen LogP contribution >= 0.6 is 0 Å². The molecule has 0 saturated heterocycles. The molecule has 0 aliphatic heterocycles. The lowest BCUT2D eigenvalue weighted by molar-refractivity contribution is -0.186. The number of carbonyl (C=O) groups excluding carboxylic acids is 1. The van der Waals surface area contributed by atoms with E-state index in [1.165, 1.54) is 51.4 Å². The molecule has 4 heteroatoms. The Hall–Kier alpha value is -0.450.